The lowest BCUT2D eigenvalue weighted by atomic mass is 9.84. The predicted octanol–water partition coefficient (Wildman–Crippen LogP) is 2.10. The molecule has 0 bridgehead atoms. The molecule has 1 saturated carbocycles. The summed E-state index contributed by atoms with van der Waals surface area (Å²) in [6, 6.07) is 1.55. The fourth-order valence-corrected chi connectivity index (χ4v) is 3.27. The van der Waals surface area contributed by atoms with Gasteiger partial charge in [-0.15, -0.1) is 0 Å². The minimum atomic E-state index is 0.695. The molecule has 0 radical (unpaired) electrons. The summed E-state index contributed by atoms with van der Waals surface area (Å²) in [4.78, 5) is 2.62. The van der Waals surface area contributed by atoms with Crippen LogP contribution in [0.25, 0.3) is 0 Å². The molecule has 0 aromatic carbocycles. The van der Waals surface area contributed by atoms with Gasteiger partial charge in [-0.05, 0) is 38.3 Å². The first-order valence-corrected chi connectivity index (χ1v) is 6.62. The average Bonchev–Trinajstić information content (AvgIpc) is 2.39. The highest BCUT2D eigenvalue weighted by Gasteiger charge is 2.33. The second kappa shape index (κ2) is 4.84. The third-order valence-corrected chi connectivity index (χ3v) is 4.37. The monoisotopic (exact) mass is 210 g/mol. The molecule has 15 heavy (non-hydrogen) atoms. The lowest BCUT2D eigenvalue weighted by Crippen LogP contribution is -2.42. The Balaban J connectivity index is 2.02. The molecule has 2 unspecified atom stereocenters. The Hall–Kier alpha value is -0.0800. The van der Waals surface area contributed by atoms with Crippen LogP contribution >= 0.6 is 0 Å². The molecule has 0 amide bonds. The highest BCUT2D eigenvalue weighted by atomic mass is 15.2. The molecule has 1 aliphatic heterocycles. The minimum Gasteiger partial charge on any atom is -0.312 e. The molecule has 2 fully saturated rings. The Labute approximate surface area is 94.4 Å². The maximum absolute atomic E-state index is 3.77. The second-order valence-electron chi connectivity index (χ2n) is 5.81. The van der Waals surface area contributed by atoms with Crippen molar-refractivity contribution in [2.75, 3.05) is 20.1 Å². The predicted molar refractivity (Wildman–Crippen MR) is 65.0 cm³/mol. The number of fused-ring (bicyclic) bond motifs is 1. The molecule has 0 spiro atoms. The summed E-state index contributed by atoms with van der Waals surface area (Å²) in [6.07, 6.45) is 5.75. The van der Waals surface area contributed by atoms with E-state index in [9.17, 15) is 0 Å². The van der Waals surface area contributed by atoms with Crippen LogP contribution < -0.4 is 5.32 Å². The van der Waals surface area contributed by atoms with Crippen molar-refractivity contribution < 1.29 is 0 Å². The van der Waals surface area contributed by atoms with Crippen molar-refractivity contribution in [3.8, 4) is 0 Å². The van der Waals surface area contributed by atoms with Gasteiger partial charge in [0.05, 0.1) is 0 Å². The smallest absolute Gasteiger partial charge is 0.0218 e. The summed E-state index contributed by atoms with van der Waals surface area (Å²) in [6.45, 7) is 7.15. The first kappa shape index (κ1) is 11.4. The third-order valence-electron chi connectivity index (χ3n) is 4.37. The molecule has 1 saturated heterocycles. The van der Waals surface area contributed by atoms with Crippen molar-refractivity contribution in [2.24, 2.45) is 11.8 Å². The van der Waals surface area contributed by atoms with Crippen LogP contribution in [-0.4, -0.2) is 37.1 Å². The van der Waals surface area contributed by atoms with E-state index in [-0.39, 0.29) is 0 Å². The van der Waals surface area contributed by atoms with Gasteiger partial charge in [-0.1, -0.05) is 26.7 Å². The van der Waals surface area contributed by atoms with Crippen molar-refractivity contribution in [3.05, 3.63) is 0 Å². The van der Waals surface area contributed by atoms with E-state index in [0.29, 0.717) is 6.04 Å². The highest BCUT2D eigenvalue weighted by molar-refractivity contribution is 4.90. The molecule has 1 aliphatic carbocycles. The molecule has 2 nitrogen and oxygen atoms in total. The third kappa shape index (κ3) is 2.54. The van der Waals surface area contributed by atoms with E-state index >= 15 is 0 Å². The second-order valence-corrected chi connectivity index (χ2v) is 5.81. The van der Waals surface area contributed by atoms with Gasteiger partial charge in [0.1, 0.15) is 0 Å². The number of hydrogen-bond acceptors (Lipinski definition) is 2. The Bertz CT molecular complexity index is 203. The Morgan fingerprint density at radius 1 is 1.20 bits per heavy atom. The van der Waals surface area contributed by atoms with Crippen LogP contribution in [0.2, 0.25) is 0 Å². The molecule has 0 aromatic heterocycles. The number of hydrogen-bond donors (Lipinski definition) is 1. The first-order valence-electron chi connectivity index (χ1n) is 6.62. The number of nitrogens with one attached hydrogen (secondary N) is 1. The lowest BCUT2D eigenvalue weighted by Gasteiger charge is -2.35. The molecular formula is C13H26N2. The molecule has 1 N–H and O–H groups in total. The van der Waals surface area contributed by atoms with Gasteiger partial charge >= 0.3 is 0 Å². The summed E-state index contributed by atoms with van der Waals surface area (Å²) < 4.78 is 0. The van der Waals surface area contributed by atoms with E-state index in [1.807, 2.05) is 0 Å². The van der Waals surface area contributed by atoms with Gasteiger partial charge < -0.3 is 10.2 Å². The SMILES string of the molecule is CC(C)[C@H]1CN(C)C2CCCCC2CN1. The van der Waals surface area contributed by atoms with Gasteiger partial charge in [0.15, 0.2) is 0 Å². The van der Waals surface area contributed by atoms with Crippen LogP contribution in [0, 0.1) is 11.8 Å². The lowest BCUT2D eigenvalue weighted by molar-refractivity contribution is 0.144. The molecule has 3 atom stereocenters. The molecule has 0 aromatic rings. The number of rotatable bonds is 1. The van der Waals surface area contributed by atoms with Crippen LogP contribution in [0.1, 0.15) is 39.5 Å². The Kier molecular flexibility index (Phi) is 3.68. The van der Waals surface area contributed by atoms with Crippen molar-refractivity contribution >= 4 is 0 Å². The van der Waals surface area contributed by atoms with Gasteiger partial charge in [0.25, 0.3) is 0 Å². The molecule has 1 heterocycles. The van der Waals surface area contributed by atoms with E-state index in [4.69, 9.17) is 0 Å². The van der Waals surface area contributed by atoms with Crippen LogP contribution in [-0.2, 0) is 0 Å². The van der Waals surface area contributed by atoms with E-state index in [0.717, 1.165) is 17.9 Å². The van der Waals surface area contributed by atoms with E-state index in [2.05, 4.69) is 31.1 Å². The summed E-state index contributed by atoms with van der Waals surface area (Å²) in [5.74, 6) is 1.67. The fourth-order valence-electron chi connectivity index (χ4n) is 3.27. The summed E-state index contributed by atoms with van der Waals surface area (Å²) in [5.41, 5.74) is 0. The van der Waals surface area contributed by atoms with E-state index in [1.165, 1.54) is 38.8 Å². The molecule has 88 valence electrons. The largest absolute Gasteiger partial charge is 0.312 e. The quantitative estimate of drug-likeness (QED) is 0.713. The number of nitrogens with zero attached hydrogens (tertiary/aromatic N) is 1. The van der Waals surface area contributed by atoms with Gasteiger partial charge in [-0.25, -0.2) is 0 Å². The molecule has 2 rings (SSSR count). The van der Waals surface area contributed by atoms with E-state index < -0.39 is 0 Å². The zero-order valence-electron chi connectivity index (χ0n) is 10.5. The maximum atomic E-state index is 3.77. The molecular weight excluding hydrogens is 184 g/mol. The Morgan fingerprint density at radius 2 is 1.93 bits per heavy atom. The van der Waals surface area contributed by atoms with Crippen molar-refractivity contribution in [1.82, 2.24) is 10.2 Å². The standard InChI is InChI=1S/C13H26N2/c1-10(2)12-9-15(3)13-7-5-4-6-11(13)8-14-12/h10-14H,4-9H2,1-3H3/t11?,12-,13?/m1/s1. The average molecular weight is 210 g/mol. The summed E-state index contributed by atoms with van der Waals surface area (Å²) in [5, 5.41) is 3.77. The maximum Gasteiger partial charge on any atom is 0.0218 e. The summed E-state index contributed by atoms with van der Waals surface area (Å²) >= 11 is 0. The first-order chi connectivity index (χ1) is 7.18. The van der Waals surface area contributed by atoms with Gasteiger partial charge in [0.2, 0.25) is 0 Å². The number of likely N-dealkylation sites (N-methyl/N-ethyl adjacent to an activating group) is 1. The van der Waals surface area contributed by atoms with Gasteiger partial charge in [0, 0.05) is 18.6 Å². The van der Waals surface area contributed by atoms with Gasteiger partial charge in [-0.2, -0.15) is 0 Å². The fraction of sp³-hybridized carbons (Fsp3) is 1.00. The molecule has 2 aliphatic rings. The zero-order valence-corrected chi connectivity index (χ0v) is 10.5. The van der Waals surface area contributed by atoms with Crippen LogP contribution in [0.4, 0.5) is 0 Å². The van der Waals surface area contributed by atoms with E-state index in [1.54, 1.807) is 0 Å². The summed E-state index contributed by atoms with van der Waals surface area (Å²) in [7, 11) is 2.32. The normalized spacial score (nSPS) is 38.8. The van der Waals surface area contributed by atoms with Gasteiger partial charge in [-0.3, -0.25) is 0 Å². The minimum absolute atomic E-state index is 0.695. The van der Waals surface area contributed by atoms with Crippen molar-refractivity contribution in [2.45, 2.75) is 51.6 Å². The van der Waals surface area contributed by atoms with Crippen molar-refractivity contribution in [3.63, 3.8) is 0 Å². The van der Waals surface area contributed by atoms with Crippen LogP contribution in [0.5, 0.6) is 0 Å². The van der Waals surface area contributed by atoms with Crippen LogP contribution in [0.15, 0.2) is 0 Å². The van der Waals surface area contributed by atoms with Crippen LogP contribution in [0.3, 0.4) is 0 Å². The molecule has 2 heteroatoms. The highest BCUT2D eigenvalue weighted by Crippen LogP contribution is 2.29. The zero-order chi connectivity index (χ0) is 10.8. The Morgan fingerprint density at radius 3 is 2.67 bits per heavy atom. The topological polar surface area (TPSA) is 15.3 Å². The van der Waals surface area contributed by atoms with Crippen molar-refractivity contribution in [1.29, 1.82) is 0 Å².